The van der Waals surface area contributed by atoms with E-state index in [4.69, 9.17) is 9.84 Å². The number of para-hydroxylation sites is 1. The number of rotatable bonds is 6. The van der Waals surface area contributed by atoms with Gasteiger partial charge in [0.05, 0.1) is 19.1 Å². The fourth-order valence-corrected chi connectivity index (χ4v) is 2.79. The minimum absolute atomic E-state index is 0.0757. The van der Waals surface area contributed by atoms with Crippen LogP contribution in [0, 0.1) is 13.8 Å². The molecular formula is C20H20O5. The van der Waals surface area contributed by atoms with Crippen molar-refractivity contribution in [2.24, 2.45) is 0 Å². The zero-order valence-electron chi connectivity index (χ0n) is 14.4. The van der Waals surface area contributed by atoms with E-state index in [2.05, 4.69) is 0 Å². The van der Waals surface area contributed by atoms with Crippen LogP contribution in [-0.4, -0.2) is 29.1 Å². The second kappa shape index (κ2) is 7.66. The van der Waals surface area contributed by atoms with E-state index in [9.17, 15) is 14.7 Å². The summed E-state index contributed by atoms with van der Waals surface area (Å²) in [7, 11) is 1.50. The Labute approximate surface area is 146 Å². The van der Waals surface area contributed by atoms with Gasteiger partial charge in [0.25, 0.3) is 0 Å². The molecule has 2 N–H and O–H groups in total. The molecule has 130 valence electrons. The molecular weight excluding hydrogens is 320 g/mol. The van der Waals surface area contributed by atoms with Gasteiger partial charge in [-0.2, -0.15) is 0 Å². The second-order valence-corrected chi connectivity index (χ2v) is 5.70. The first kappa shape index (κ1) is 18.3. The number of hydrogen-bond donors (Lipinski definition) is 2. The van der Waals surface area contributed by atoms with Crippen LogP contribution in [0.4, 0.5) is 0 Å². The third-order valence-electron chi connectivity index (χ3n) is 4.02. The number of carboxylic acid groups (broad SMARTS) is 1. The number of ketones is 1. The number of carbonyl (C=O) groups excluding carboxylic acids is 1. The van der Waals surface area contributed by atoms with Crippen LogP contribution in [0.1, 0.15) is 32.6 Å². The third-order valence-corrected chi connectivity index (χ3v) is 4.02. The number of benzene rings is 2. The van der Waals surface area contributed by atoms with Crippen molar-refractivity contribution < 1.29 is 24.5 Å². The Morgan fingerprint density at radius 3 is 2.48 bits per heavy atom. The Hall–Kier alpha value is -3.08. The molecule has 0 saturated heterocycles. The molecule has 0 spiro atoms. The Balaban J connectivity index is 2.41. The van der Waals surface area contributed by atoms with Crippen LogP contribution in [0.5, 0.6) is 11.5 Å². The largest absolute Gasteiger partial charge is 0.507 e. The van der Waals surface area contributed by atoms with Crippen LogP contribution in [0.25, 0.3) is 6.08 Å². The molecule has 0 fully saturated rings. The monoisotopic (exact) mass is 340 g/mol. The van der Waals surface area contributed by atoms with Gasteiger partial charge in [-0.1, -0.05) is 12.1 Å². The first-order valence-electron chi connectivity index (χ1n) is 7.74. The van der Waals surface area contributed by atoms with Crippen molar-refractivity contribution in [2.45, 2.75) is 20.3 Å². The van der Waals surface area contributed by atoms with E-state index >= 15 is 0 Å². The van der Waals surface area contributed by atoms with Gasteiger partial charge in [0, 0.05) is 5.56 Å². The van der Waals surface area contributed by atoms with E-state index in [0.717, 1.165) is 11.1 Å². The number of aromatic hydroxyl groups is 1. The number of methoxy groups -OCH3 is 1. The lowest BCUT2D eigenvalue weighted by atomic mass is 9.95. The van der Waals surface area contributed by atoms with Crippen LogP contribution in [0.2, 0.25) is 0 Å². The molecule has 2 aromatic carbocycles. The van der Waals surface area contributed by atoms with Crippen molar-refractivity contribution in [3.63, 3.8) is 0 Å². The summed E-state index contributed by atoms with van der Waals surface area (Å²) >= 11 is 0. The number of phenolic OH excluding ortho intramolecular Hbond substituents is 1. The van der Waals surface area contributed by atoms with Crippen molar-refractivity contribution in [3.05, 3.63) is 64.2 Å². The predicted molar refractivity (Wildman–Crippen MR) is 95.3 cm³/mol. The van der Waals surface area contributed by atoms with E-state index in [1.54, 1.807) is 37.3 Å². The second-order valence-electron chi connectivity index (χ2n) is 5.70. The number of allylic oxidation sites excluding steroid dienone is 1. The SMILES string of the molecule is COc1c(C=CC(=O)c2ccccc2O)cc(C)c(CC(=O)O)c1C. The summed E-state index contributed by atoms with van der Waals surface area (Å²) in [5.41, 5.74) is 3.15. The van der Waals surface area contributed by atoms with E-state index < -0.39 is 5.97 Å². The third kappa shape index (κ3) is 4.07. The Bertz CT molecular complexity index is 849. The molecule has 0 radical (unpaired) electrons. The highest BCUT2D eigenvalue weighted by molar-refractivity contribution is 6.08. The molecule has 0 aliphatic heterocycles. The van der Waals surface area contributed by atoms with Crippen LogP contribution in [0.15, 0.2) is 36.4 Å². The zero-order chi connectivity index (χ0) is 18.6. The van der Waals surface area contributed by atoms with Gasteiger partial charge in [-0.15, -0.1) is 0 Å². The van der Waals surface area contributed by atoms with Crippen LogP contribution in [0.3, 0.4) is 0 Å². The van der Waals surface area contributed by atoms with Crippen LogP contribution >= 0.6 is 0 Å². The van der Waals surface area contributed by atoms with Gasteiger partial charge in [0.15, 0.2) is 5.78 Å². The maximum atomic E-state index is 12.3. The highest BCUT2D eigenvalue weighted by atomic mass is 16.5. The molecule has 0 heterocycles. The molecule has 2 rings (SSSR count). The summed E-state index contributed by atoms with van der Waals surface area (Å²) in [6.45, 7) is 3.62. The fourth-order valence-electron chi connectivity index (χ4n) is 2.79. The van der Waals surface area contributed by atoms with E-state index in [0.29, 0.717) is 16.9 Å². The van der Waals surface area contributed by atoms with Crippen molar-refractivity contribution >= 4 is 17.8 Å². The summed E-state index contributed by atoms with van der Waals surface area (Å²) in [6, 6.07) is 8.12. The first-order chi connectivity index (χ1) is 11.8. The average molecular weight is 340 g/mol. The maximum absolute atomic E-state index is 12.3. The predicted octanol–water partition coefficient (Wildman–Crippen LogP) is 3.54. The molecule has 0 atom stereocenters. The smallest absolute Gasteiger partial charge is 0.307 e. The molecule has 2 aromatic rings. The lowest BCUT2D eigenvalue weighted by Gasteiger charge is -2.15. The molecule has 0 bridgehead atoms. The van der Waals surface area contributed by atoms with Gasteiger partial charge >= 0.3 is 5.97 Å². The van der Waals surface area contributed by atoms with Gasteiger partial charge in [0.1, 0.15) is 11.5 Å². The maximum Gasteiger partial charge on any atom is 0.307 e. The van der Waals surface area contributed by atoms with Crippen molar-refractivity contribution in [1.82, 2.24) is 0 Å². The number of hydrogen-bond acceptors (Lipinski definition) is 4. The van der Waals surface area contributed by atoms with Gasteiger partial charge in [-0.25, -0.2) is 0 Å². The summed E-state index contributed by atoms with van der Waals surface area (Å²) < 4.78 is 5.41. The topological polar surface area (TPSA) is 83.8 Å². The van der Waals surface area contributed by atoms with E-state index in [1.165, 1.54) is 19.3 Å². The Morgan fingerprint density at radius 1 is 1.20 bits per heavy atom. The molecule has 0 aliphatic rings. The molecule has 0 saturated carbocycles. The quantitative estimate of drug-likeness (QED) is 0.621. The first-order valence-corrected chi connectivity index (χ1v) is 7.74. The lowest BCUT2D eigenvalue weighted by Crippen LogP contribution is -2.06. The zero-order valence-corrected chi connectivity index (χ0v) is 14.4. The van der Waals surface area contributed by atoms with Gasteiger partial charge < -0.3 is 14.9 Å². The highest BCUT2D eigenvalue weighted by Crippen LogP contribution is 2.31. The summed E-state index contributed by atoms with van der Waals surface area (Å²) in [6.07, 6.45) is 2.88. The van der Waals surface area contributed by atoms with Crippen LogP contribution < -0.4 is 4.74 Å². The summed E-state index contributed by atoms with van der Waals surface area (Å²) in [4.78, 5) is 23.3. The van der Waals surface area contributed by atoms with Gasteiger partial charge in [-0.05, 0) is 60.9 Å². The van der Waals surface area contributed by atoms with Crippen molar-refractivity contribution in [2.75, 3.05) is 7.11 Å². The number of aryl methyl sites for hydroxylation is 1. The molecule has 0 amide bonds. The Morgan fingerprint density at radius 2 is 1.88 bits per heavy atom. The minimum Gasteiger partial charge on any atom is -0.507 e. The van der Waals surface area contributed by atoms with E-state index in [1.807, 2.05) is 6.92 Å². The average Bonchev–Trinajstić information content (AvgIpc) is 2.56. The van der Waals surface area contributed by atoms with Gasteiger partial charge in [0.2, 0.25) is 0 Å². The van der Waals surface area contributed by atoms with E-state index in [-0.39, 0.29) is 23.5 Å². The summed E-state index contributed by atoms with van der Waals surface area (Å²) in [5.74, 6) is -0.784. The molecule has 0 aromatic heterocycles. The molecule has 0 unspecified atom stereocenters. The number of ether oxygens (including phenoxy) is 1. The molecule has 5 heteroatoms. The van der Waals surface area contributed by atoms with Crippen LogP contribution in [-0.2, 0) is 11.2 Å². The fraction of sp³-hybridized carbons (Fsp3) is 0.200. The van der Waals surface area contributed by atoms with Crippen molar-refractivity contribution in [3.8, 4) is 11.5 Å². The van der Waals surface area contributed by atoms with Gasteiger partial charge in [-0.3, -0.25) is 9.59 Å². The lowest BCUT2D eigenvalue weighted by molar-refractivity contribution is -0.136. The number of phenols is 1. The number of carbonyl (C=O) groups is 2. The standard InChI is InChI=1S/C20H20O5/c1-12-10-14(20(25-3)13(2)16(12)11-19(23)24)8-9-18(22)15-6-4-5-7-17(15)21/h4-10,21H,11H2,1-3H3,(H,23,24). The highest BCUT2D eigenvalue weighted by Gasteiger charge is 2.15. The molecule has 25 heavy (non-hydrogen) atoms. The number of carboxylic acids is 1. The molecule has 5 nitrogen and oxygen atoms in total. The molecule has 0 aliphatic carbocycles. The number of aliphatic carboxylic acids is 1. The minimum atomic E-state index is -0.911. The normalized spacial score (nSPS) is 10.8. The summed E-state index contributed by atoms with van der Waals surface area (Å²) in [5, 5.41) is 18.8. The van der Waals surface area contributed by atoms with Crippen molar-refractivity contribution in [1.29, 1.82) is 0 Å². The Kier molecular flexibility index (Phi) is 5.60.